The van der Waals surface area contributed by atoms with E-state index in [0.717, 1.165) is 4.31 Å². The molecule has 0 saturated heterocycles. The lowest BCUT2D eigenvalue weighted by molar-refractivity contribution is 0.262. The van der Waals surface area contributed by atoms with Gasteiger partial charge in [0.15, 0.2) is 0 Å². The van der Waals surface area contributed by atoms with Crippen molar-refractivity contribution < 1.29 is 13.2 Å². The first-order valence-corrected chi connectivity index (χ1v) is 9.44. The number of carbonyl (C=O) groups excluding carboxylic acids is 1. The van der Waals surface area contributed by atoms with Gasteiger partial charge in [-0.2, -0.15) is 0 Å². The van der Waals surface area contributed by atoms with Gasteiger partial charge < -0.3 is 10.6 Å². The lowest BCUT2D eigenvalue weighted by Crippen LogP contribution is -2.23. The Balaban J connectivity index is 2.21. The Labute approximate surface area is 160 Å². The van der Waals surface area contributed by atoms with Gasteiger partial charge in [0.2, 0.25) is 10.0 Å². The number of nitrogens with zero attached hydrogens (tertiary/aromatic N) is 1. The summed E-state index contributed by atoms with van der Waals surface area (Å²) in [7, 11) is -0.829. The van der Waals surface area contributed by atoms with Crippen LogP contribution in [0.2, 0.25) is 15.1 Å². The third-order valence-corrected chi connectivity index (χ3v) is 6.02. The summed E-state index contributed by atoms with van der Waals surface area (Å²) in [5.41, 5.74) is 0.572. The lowest BCUT2D eigenvalue weighted by atomic mass is 10.3. The van der Waals surface area contributed by atoms with Crippen molar-refractivity contribution in [1.29, 1.82) is 0 Å². The van der Waals surface area contributed by atoms with E-state index in [1.165, 1.54) is 44.4 Å². The van der Waals surface area contributed by atoms with Crippen molar-refractivity contribution in [2.45, 2.75) is 4.90 Å². The number of halogens is 3. The monoisotopic (exact) mass is 421 g/mol. The van der Waals surface area contributed by atoms with E-state index in [1.54, 1.807) is 6.07 Å². The number of benzene rings is 2. The Bertz CT molecular complexity index is 917. The van der Waals surface area contributed by atoms with Crippen LogP contribution in [0.25, 0.3) is 0 Å². The lowest BCUT2D eigenvalue weighted by Gasteiger charge is -2.14. The smallest absolute Gasteiger partial charge is 0.308 e. The molecule has 0 bridgehead atoms. The molecule has 0 aliphatic heterocycles. The number of sulfonamides is 1. The normalized spacial score (nSPS) is 11.4. The molecule has 0 aliphatic carbocycles. The summed E-state index contributed by atoms with van der Waals surface area (Å²) in [5.74, 6) is 0. The number of rotatable bonds is 4. The zero-order valence-corrected chi connectivity index (χ0v) is 16.3. The first kappa shape index (κ1) is 19.8. The molecule has 0 aromatic heterocycles. The largest absolute Gasteiger partial charge is 0.323 e. The molecule has 2 rings (SSSR count). The Kier molecular flexibility index (Phi) is 6.18. The molecular weight excluding hydrogens is 409 g/mol. The number of nitrogens with one attached hydrogen (secondary N) is 2. The second-order valence-electron chi connectivity index (χ2n) is 5.14. The van der Waals surface area contributed by atoms with Crippen molar-refractivity contribution in [3.63, 3.8) is 0 Å². The summed E-state index contributed by atoms with van der Waals surface area (Å²) in [4.78, 5) is 12.1. The molecule has 0 spiro atoms. The van der Waals surface area contributed by atoms with Crippen LogP contribution >= 0.6 is 34.8 Å². The molecule has 2 aromatic carbocycles. The number of carbonyl (C=O) groups is 1. The molecule has 25 heavy (non-hydrogen) atoms. The second-order valence-corrected chi connectivity index (χ2v) is 8.51. The average molecular weight is 423 g/mol. The Morgan fingerprint density at radius 1 is 0.920 bits per heavy atom. The fourth-order valence-corrected chi connectivity index (χ4v) is 3.22. The number of hydrogen-bond donors (Lipinski definition) is 2. The van der Waals surface area contributed by atoms with Crippen molar-refractivity contribution >= 4 is 62.2 Å². The van der Waals surface area contributed by atoms with E-state index in [-0.39, 0.29) is 20.6 Å². The van der Waals surface area contributed by atoms with Crippen molar-refractivity contribution in [3.8, 4) is 0 Å². The highest BCUT2D eigenvalue weighted by atomic mass is 35.5. The molecule has 2 N–H and O–H groups in total. The van der Waals surface area contributed by atoms with Gasteiger partial charge in [-0.15, -0.1) is 0 Å². The number of anilines is 2. The van der Waals surface area contributed by atoms with E-state index in [4.69, 9.17) is 34.8 Å². The first-order valence-electron chi connectivity index (χ1n) is 6.86. The maximum Gasteiger partial charge on any atom is 0.323 e. The molecular formula is C15H14Cl3N3O3S. The minimum Gasteiger partial charge on any atom is -0.308 e. The van der Waals surface area contributed by atoms with Gasteiger partial charge in [-0.05, 0) is 36.4 Å². The van der Waals surface area contributed by atoms with Crippen molar-refractivity contribution in [1.82, 2.24) is 4.31 Å². The molecule has 10 heteroatoms. The van der Waals surface area contributed by atoms with Gasteiger partial charge in [-0.25, -0.2) is 17.5 Å². The quantitative estimate of drug-likeness (QED) is 0.759. The van der Waals surface area contributed by atoms with Crippen LogP contribution in [0.5, 0.6) is 0 Å². The molecule has 0 unspecified atom stereocenters. The maximum atomic E-state index is 12.2. The molecule has 0 radical (unpaired) electrons. The van der Waals surface area contributed by atoms with E-state index < -0.39 is 16.1 Å². The molecule has 0 saturated carbocycles. The standard InChI is InChI=1S/C15H14Cl3N3O3S/c1-21(2)25(23,24)10-4-6-12(17)14(8-10)20-15(22)19-9-3-5-11(16)13(18)7-9/h3-8H,1-2H3,(H2,19,20,22). The summed E-state index contributed by atoms with van der Waals surface area (Å²) in [5, 5.41) is 5.90. The third kappa shape index (κ3) is 4.77. The van der Waals surface area contributed by atoms with Gasteiger partial charge in [0.1, 0.15) is 0 Å². The van der Waals surface area contributed by atoms with E-state index >= 15 is 0 Å². The van der Waals surface area contributed by atoms with Crippen LogP contribution in [-0.4, -0.2) is 32.8 Å². The van der Waals surface area contributed by atoms with E-state index in [2.05, 4.69) is 10.6 Å². The minimum atomic E-state index is -3.65. The van der Waals surface area contributed by atoms with Gasteiger partial charge in [-0.1, -0.05) is 34.8 Å². The number of hydrogen-bond acceptors (Lipinski definition) is 3. The Hall–Kier alpha value is -1.51. The van der Waals surface area contributed by atoms with Crippen LogP contribution in [0, 0.1) is 0 Å². The second kappa shape index (κ2) is 7.80. The van der Waals surface area contributed by atoms with Gasteiger partial charge in [0, 0.05) is 19.8 Å². The van der Waals surface area contributed by atoms with Gasteiger partial charge in [0.25, 0.3) is 0 Å². The molecule has 0 atom stereocenters. The molecule has 2 amide bonds. The molecule has 0 heterocycles. The van der Waals surface area contributed by atoms with Crippen LogP contribution in [0.1, 0.15) is 0 Å². The third-order valence-electron chi connectivity index (χ3n) is 3.14. The zero-order valence-electron chi connectivity index (χ0n) is 13.2. The molecule has 2 aromatic rings. The molecule has 134 valence electrons. The Morgan fingerprint density at radius 2 is 1.56 bits per heavy atom. The van der Waals surface area contributed by atoms with Crippen LogP contribution in [0.4, 0.5) is 16.2 Å². The summed E-state index contributed by atoms with van der Waals surface area (Å²) in [6, 6.07) is 8.02. The maximum absolute atomic E-state index is 12.2. The van der Waals surface area contributed by atoms with Gasteiger partial charge in [-0.3, -0.25) is 0 Å². The minimum absolute atomic E-state index is 0.00624. The first-order chi connectivity index (χ1) is 11.6. The molecule has 0 aliphatic rings. The highest BCUT2D eigenvalue weighted by molar-refractivity contribution is 7.89. The summed E-state index contributed by atoms with van der Waals surface area (Å²) < 4.78 is 25.4. The predicted octanol–water partition coefficient (Wildman–Crippen LogP) is 4.54. The topological polar surface area (TPSA) is 78.5 Å². The van der Waals surface area contributed by atoms with E-state index in [0.29, 0.717) is 10.7 Å². The highest BCUT2D eigenvalue weighted by Crippen LogP contribution is 2.27. The summed E-state index contributed by atoms with van der Waals surface area (Å²) >= 11 is 17.7. The zero-order chi connectivity index (χ0) is 18.8. The molecule has 0 fully saturated rings. The van der Waals surface area contributed by atoms with E-state index in [1.807, 2.05) is 0 Å². The highest BCUT2D eigenvalue weighted by Gasteiger charge is 2.19. The predicted molar refractivity (Wildman–Crippen MR) is 101 cm³/mol. The molecule has 6 nitrogen and oxygen atoms in total. The van der Waals surface area contributed by atoms with Crippen molar-refractivity contribution in [2.24, 2.45) is 0 Å². The van der Waals surface area contributed by atoms with Crippen molar-refractivity contribution in [3.05, 3.63) is 51.5 Å². The SMILES string of the molecule is CN(C)S(=O)(=O)c1ccc(Cl)c(NC(=O)Nc2ccc(Cl)c(Cl)c2)c1. The van der Waals surface area contributed by atoms with Crippen LogP contribution in [0.15, 0.2) is 41.3 Å². The van der Waals surface area contributed by atoms with Crippen LogP contribution in [0.3, 0.4) is 0 Å². The van der Waals surface area contributed by atoms with Gasteiger partial charge in [0.05, 0.1) is 25.7 Å². The van der Waals surface area contributed by atoms with Crippen molar-refractivity contribution in [2.75, 3.05) is 24.7 Å². The number of amides is 2. The fraction of sp³-hybridized carbons (Fsp3) is 0.133. The van der Waals surface area contributed by atoms with Gasteiger partial charge >= 0.3 is 6.03 Å². The summed E-state index contributed by atoms with van der Waals surface area (Å²) in [6.07, 6.45) is 0. The van der Waals surface area contributed by atoms with Crippen LogP contribution in [-0.2, 0) is 10.0 Å². The average Bonchev–Trinajstić information content (AvgIpc) is 2.52. The Morgan fingerprint density at radius 3 is 2.16 bits per heavy atom. The van der Waals surface area contributed by atoms with Crippen LogP contribution < -0.4 is 10.6 Å². The summed E-state index contributed by atoms with van der Waals surface area (Å²) in [6.45, 7) is 0. The van der Waals surface area contributed by atoms with E-state index in [9.17, 15) is 13.2 Å². The fourth-order valence-electron chi connectivity index (χ4n) is 1.83. The number of urea groups is 1.